The summed E-state index contributed by atoms with van der Waals surface area (Å²) in [6, 6.07) is 10.0. The monoisotopic (exact) mass is 403 g/mol. The molecule has 2 aromatic carbocycles. The Hall–Kier alpha value is -2.22. The molecule has 0 aliphatic heterocycles. The van der Waals surface area contributed by atoms with Crippen LogP contribution in [0.15, 0.2) is 46.9 Å². The molecular weight excluding hydrogens is 391 g/mol. The van der Waals surface area contributed by atoms with Crippen molar-refractivity contribution in [2.45, 2.75) is 6.18 Å². The van der Waals surface area contributed by atoms with Crippen molar-refractivity contribution in [2.75, 3.05) is 19.0 Å². The van der Waals surface area contributed by atoms with Crippen molar-refractivity contribution in [3.05, 3.63) is 52.5 Å². The summed E-state index contributed by atoms with van der Waals surface area (Å²) in [5.41, 5.74) is -0.828. The van der Waals surface area contributed by atoms with Crippen molar-refractivity contribution >= 4 is 27.5 Å². The van der Waals surface area contributed by atoms with Gasteiger partial charge in [-0.3, -0.25) is 4.79 Å². The zero-order chi connectivity index (χ0) is 17.7. The molecule has 0 spiro atoms. The Morgan fingerprint density at radius 2 is 1.75 bits per heavy atom. The summed E-state index contributed by atoms with van der Waals surface area (Å²) in [6.07, 6.45) is -4.51. The van der Waals surface area contributed by atoms with Gasteiger partial charge in [0.25, 0.3) is 5.91 Å². The number of nitrogens with one attached hydrogen (secondary N) is 1. The lowest BCUT2D eigenvalue weighted by Crippen LogP contribution is -2.20. The van der Waals surface area contributed by atoms with Crippen molar-refractivity contribution in [2.24, 2.45) is 0 Å². The first-order chi connectivity index (χ1) is 11.3. The van der Waals surface area contributed by atoms with Gasteiger partial charge in [-0.15, -0.1) is 0 Å². The van der Waals surface area contributed by atoms with Crippen molar-refractivity contribution in [3.63, 3.8) is 0 Å². The zero-order valence-corrected chi connectivity index (χ0v) is 14.1. The van der Waals surface area contributed by atoms with Crippen LogP contribution in [0.1, 0.15) is 5.56 Å². The van der Waals surface area contributed by atoms with Gasteiger partial charge in [0.2, 0.25) is 0 Å². The minimum atomic E-state index is -4.51. The van der Waals surface area contributed by atoms with Gasteiger partial charge in [0.1, 0.15) is 11.5 Å². The van der Waals surface area contributed by atoms with Crippen LogP contribution in [0.3, 0.4) is 0 Å². The van der Waals surface area contributed by atoms with Crippen LogP contribution in [0, 0.1) is 0 Å². The predicted molar refractivity (Wildman–Crippen MR) is 86.3 cm³/mol. The fourth-order valence-electron chi connectivity index (χ4n) is 1.84. The van der Waals surface area contributed by atoms with Gasteiger partial charge < -0.3 is 14.8 Å². The van der Waals surface area contributed by atoms with E-state index in [9.17, 15) is 18.0 Å². The molecule has 2 aromatic rings. The van der Waals surface area contributed by atoms with E-state index >= 15 is 0 Å². The smallest absolute Gasteiger partial charge is 0.417 e. The molecule has 1 N–H and O–H groups in total. The molecule has 0 aromatic heterocycles. The molecule has 8 heteroatoms. The lowest BCUT2D eigenvalue weighted by molar-refractivity contribution is -0.138. The summed E-state index contributed by atoms with van der Waals surface area (Å²) < 4.78 is 48.6. The molecule has 0 radical (unpaired) electrons. The van der Waals surface area contributed by atoms with Crippen LogP contribution in [0.4, 0.5) is 18.9 Å². The molecule has 0 aliphatic rings. The number of anilines is 1. The number of ether oxygens (including phenoxy) is 2. The van der Waals surface area contributed by atoms with Crippen LogP contribution in [0.25, 0.3) is 0 Å². The van der Waals surface area contributed by atoms with Gasteiger partial charge >= 0.3 is 6.18 Å². The summed E-state index contributed by atoms with van der Waals surface area (Å²) in [4.78, 5) is 11.8. The van der Waals surface area contributed by atoms with Gasteiger partial charge in [0.15, 0.2) is 6.61 Å². The van der Waals surface area contributed by atoms with Crippen molar-refractivity contribution in [1.82, 2.24) is 0 Å². The summed E-state index contributed by atoms with van der Waals surface area (Å²) in [5, 5.41) is 2.36. The topological polar surface area (TPSA) is 47.6 Å². The lowest BCUT2D eigenvalue weighted by atomic mass is 10.2. The average Bonchev–Trinajstić information content (AvgIpc) is 2.54. The standard InChI is InChI=1S/C16H13BrF3NO3/c1-23-11-3-5-12(6-4-11)24-9-15(22)21-10-2-7-14(17)13(8-10)16(18,19)20/h2-8H,9H2,1H3,(H,21,22). The quantitative estimate of drug-likeness (QED) is 0.799. The molecule has 2 rings (SSSR count). The van der Waals surface area contributed by atoms with E-state index in [1.807, 2.05) is 0 Å². The number of alkyl halides is 3. The zero-order valence-electron chi connectivity index (χ0n) is 12.5. The third-order valence-corrected chi connectivity index (χ3v) is 3.68. The van der Waals surface area contributed by atoms with Gasteiger partial charge in [-0.2, -0.15) is 13.2 Å². The van der Waals surface area contributed by atoms with E-state index in [-0.39, 0.29) is 16.8 Å². The van der Waals surface area contributed by atoms with E-state index in [2.05, 4.69) is 21.2 Å². The number of benzene rings is 2. The first kappa shape index (κ1) is 18.1. The lowest BCUT2D eigenvalue weighted by Gasteiger charge is -2.12. The maximum Gasteiger partial charge on any atom is 0.417 e. The van der Waals surface area contributed by atoms with Crippen LogP contribution in [-0.2, 0) is 11.0 Å². The second kappa shape index (κ2) is 7.57. The molecule has 0 atom stereocenters. The Balaban J connectivity index is 1.97. The average molecular weight is 404 g/mol. The minimum absolute atomic E-state index is 0.0360. The number of amides is 1. The van der Waals surface area contributed by atoms with Crippen LogP contribution in [0.5, 0.6) is 11.5 Å². The third-order valence-electron chi connectivity index (χ3n) is 2.98. The molecule has 0 saturated carbocycles. The molecule has 0 bridgehead atoms. The number of hydrogen-bond donors (Lipinski definition) is 1. The molecule has 0 unspecified atom stereocenters. The molecule has 0 aliphatic carbocycles. The first-order valence-corrected chi connectivity index (χ1v) is 7.52. The number of hydrogen-bond acceptors (Lipinski definition) is 3. The molecule has 4 nitrogen and oxygen atoms in total. The second-order valence-electron chi connectivity index (χ2n) is 4.70. The van der Waals surface area contributed by atoms with Crippen LogP contribution in [-0.4, -0.2) is 19.6 Å². The molecule has 0 fully saturated rings. The molecule has 128 valence electrons. The largest absolute Gasteiger partial charge is 0.497 e. The Bertz CT molecular complexity index is 717. The first-order valence-electron chi connectivity index (χ1n) is 6.73. The Morgan fingerprint density at radius 1 is 1.12 bits per heavy atom. The van der Waals surface area contributed by atoms with E-state index in [1.54, 1.807) is 24.3 Å². The second-order valence-corrected chi connectivity index (χ2v) is 5.56. The van der Waals surface area contributed by atoms with E-state index in [1.165, 1.54) is 19.2 Å². The Kier molecular flexibility index (Phi) is 5.71. The SMILES string of the molecule is COc1ccc(OCC(=O)Nc2ccc(Br)c(C(F)(F)F)c2)cc1. The van der Waals surface area contributed by atoms with Gasteiger partial charge in [-0.1, -0.05) is 15.9 Å². The van der Waals surface area contributed by atoms with Gasteiger partial charge in [-0.25, -0.2) is 0 Å². The normalized spacial score (nSPS) is 11.0. The maximum absolute atomic E-state index is 12.8. The van der Waals surface area contributed by atoms with Crippen LogP contribution >= 0.6 is 15.9 Å². The van der Waals surface area contributed by atoms with Crippen molar-refractivity contribution in [1.29, 1.82) is 0 Å². The van der Waals surface area contributed by atoms with E-state index in [4.69, 9.17) is 9.47 Å². The summed E-state index contributed by atoms with van der Waals surface area (Å²) in [5.74, 6) is 0.514. The molecule has 24 heavy (non-hydrogen) atoms. The maximum atomic E-state index is 12.8. The third kappa shape index (κ3) is 4.89. The number of methoxy groups -OCH3 is 1. The minimum Gasteiger partial charge on any atom is -0.497 e. The summed E-state index contributed by atoms with van der Waals surface area (Å²) in [7, 11) is 1.52. The highest BCUT2D eigenvalue weighted by molar-refractivity contribution is 9.10. The molecule has 0 heterocycles. The summed E-state index contributed by atoms with van der Waals surface area (Å²) in [6.45, 7) is -0.330. The number of carbonyl (C=O) groups is 1. The van der Waals surface area contributed by atoms with Gasteiger partial charge in [-0.05, 0) is 42.5 Å². The fraction of sp³-hybridized carbons (Fsp3) is 0.188. The Labute approximate surface area is 144 Å². The number of carbonyl (C=O) groups excluding carboxylic acids is 1. The highest BCUT2D eigenvalue weighted by atomic mass is 79.9. The molecule has 0 saturated heterocycles. The Morgan fingerprint density at radius 3 is 2.33 bits per heavy atom. The summed E-state index contributed by atoms with van der Waals surface area (Å²) >= 11 is 2.84. The number of rotatable bonds is 5. The van der Waals surface area contributed by atoms with Crippen LogP contribution in [0.2, 0.25) is 0 Å². The van der Waals surface area contributed by atoms with Crippen molar-refractivity contribution < 1.29 is 27.4 Å². The predicted octanol–water partition coefficient (Wildman–Crippen LogP) is 4.49. The highest BCUT2D eigenvalue weighted by Crippen LogP contribution is 2.36. The van der Waals surface area contributed by atoms with Gasteiger partial charge in [0.05, 0.1) is 12.7 Å². The van der Waals surface area contributed by atoms with E-state index < -0.39 is 17.6 Å². The van der Waals surface area contributed by atoms with Crippen molar-refractivity contribution in [3.8, 4) is 11.5 Å². The van der Waals surface area contributed by atoms with E-state index in [0.717, 1.165) is 6.07 Å². The van der Waals surface area contributed by atoms with Gasteiger partial charge in [0, 0.05) is 10.2 Å². The van der Waals surface area contributed by atoms with E-state index in [0.29, 0.717) is 11.5 Å². The van der Waals surface area contributed by atoms with Crippen LogP contribution < -0.4 is 14.8 Å². The molecule has 1 amide bonds. The number of halogens is 4. The molecular formula is C16H13BrF3NO3. The highest BCUT2D eigenvalue weighted by Gasteiger charge is 2.33. The fourth-order valence-corrected chi connectivity index (χ4v) is 2.31.